The maximum absolute atomic E-state index is 12.0. The van der Waals surface area contributed by atoms with Crippen LogP contribution in [0.2, 0.25) is 0 Å². The second kappa shape index (κ2) is 10.3. The van der Waals surface area contributed by atoms with Crippen LogP contribution in [0.4, 0.5) is 16.8 Å². The number of amides is 2. The van der Waals surface area contributed by atoms with E-state index >= 15 is 0 Å². The molecule has 2 aromatic heterocycles. The fraction of sp³-hybridized carbons (Fsp3) is 0.348. The van der Waals surface area contributed by atoms with Crippen molar-refractivity contribution in [2.75, 3.05) is 56.3 Å². The number of carbonyl (C=O) groups is 2. The molecule has 2 aliphatic heterocycles. The number of carbonyl (C=O) groups excluding carboxylic acids is 2. The highest BCUT2D eigenvalue weighted by molar-refractivity contribution is 8.18. The summed E-state index contributed by atoms with van der Waals surface area (Å²) in [6.45, 7) is 3.55. The van der Waals surface area contributed by atoms with Crippen LogP contribution in [-0.2, 0) is 9.53 Å². The molecule has 12 heteroatoms. The van der Waals surface area contributed by atoms with E-state index in [2.05, 4.69) is 30.1 Å². The van der Waals surface area contributed by atoms with Crippen molar-refractivity contribution < 1.29 is 23.5 Å². The third-order valence-electron chi connectivity index (χ3n) is 5.50. The first-order valence-electron chi connectivity index (χ1n) is 11.2. The van der Waals surface area contributed by atoms with Gasteiger partial charge >= 0.3 is 0 Å². The lowest BCUT2D eigenvalue weighted by atomic mass is 10.3. The Morgan fingerprint density at radius 2 is 1.91 bits per heavy atom. The van der Waals surface area contributed by atoms with Crippen LogP contribution in [0.3, 0.4) is 0 Å². The Morgan fingerprint density at radius 1 is 1.09 bits per heavy atom. The summed E-state index contributed by atoms with van der Waals surface area (Å²) in [7, 11) is 1.59. The summed E-state index contributed by atoms with van der Waals surface area (Å²) < 4.78 is 16.8. The minimum atomic E-state index is -0.439. The number of imide groups is 1. The van der Waals surface area contributed by atoms with Crippen LogP contribution in [0.5, 0.6) is 5.88 Å². The SMILES string of the molecule is COCCOc1cc(/C=C2\SC(=O)NC2=O)nc(N2CCCN(c3nc4ccccc4o3)CC2)n1. The smallest absolute Gasteiger partial charge is 0.298 e. The molecule has 0 saturated carbocycles. The Morgan fingerprint density at radius 3 is 2.71 bits per heavy atom. The molecule has 4 heterocycles. The Bertz CT molecular complexity index is 1250. The van der Waals surface area contributed by atoms with Gasteiger partial charge in [0.2, 0.25) is 11.8 Å². The van der Waals surface area contributed by atoms with Gasteiger partial charge in [-0.2, -0.15) is 9.97 Å². The van der Waals surface area contributed by atoms with Gasteiger partial charge in [0.05, 0.1) is 17.2 Å². The molecule has 5 rings (SSSR count). The molecule has 35 heavy (non-hydrogen) atoms. The largest absolute Gasteiger partial charge is 0.475 e. The Kier molecular flexibility index (Phi) is 6.82. The third-order valence-corrected chi connectivity index (χ3v) is 6.31. The van der Waals surface area contributed by atoms with Crippen LogP contribution in [0.1, 0.15) is 12.1 Å². The number of methoxy groups -OCH3 is 1. The van der Waals surface area contributed by atoms with Gasteiger partial charge in [-0.15, -0.1) is 0 Å². The first-order chi connectivity index (χ1) is 17.1. The molecule has 2 aliphatic rings. The van der Waals surface area contributed by atoms with Crippen molar-refractivity contribution in [2.45, 2.75) is 6.42 Å². The van der Waals surface area contributed by atoms with Gasteiger partial charge in [-0.05, 0) is 36.4 Å². The number of thioether (sulfide) groups is 1. The third kappa shape index (κ3) is 5.38. The highest BCUT2D eigenvalue weighted by atomic mass is 32.2. The lowest BCUT2D eigenvalue weighted by Gasteiger charge is -2.22. The zero-order chi connectivity index (χ0) is 24.2. The molecule has 11 nitrogen and oxygen atoms in total. The highest BCUT2D eigenvalue weighted by Gasteiger charge is 2.26. The summed E-state index contributed by atoms with van der Waals surface area (Å²) in [5.41, 5.74) is 2.07. The van der Waals surface area contributed by atoms with Crippen molar-refractivity contribution in [3.8, 4) is 5.88 Å². The van der Waals surface area contributed by atoms with E-state index in [1.807, 2.05) is 24.3 Å². The van der Waals surface area contributed by atoms with Crippen molar-refractivity contribution in [3.63, 3.8) is 0 Å². The molecule has 2 amide bonds. The summed E-state index contributed by atoms with van der Waals surface area (Å²) >= 11 is 0.843. The van der Waals surface area contributed by atoms with Gasteiger partial charge in [0.1, 0.15) is 12.1 Å². The molecule has 0 radical (unpaired) electrons. The van der Waals surface area contributed by atoms with E-state index < -0.39 is 11.1 Å². The summed E-state index contributed by atoms with van der Waals surface area (Å²) in [6, 6.07) is 9.95. The Labute approximate surface area is 205 Å². The van der Waals surface area contributed by atoms with Crippen molar-refractivity contribution in [1.29, 1.82) is 0 Å². The molecule has 0 bridgehead atoms. The van der Waals surface area contributed by atoms with Gasteiger partial charge in [-0.1, -0.05) is 12.1 Å². The van der Waals surface area contributed by atoms with E-state index in [1.54, 1.807) is 19.3 Å². The molecule has 0 atom stereocenters. The number of fused-ring (bicyclic) bond motifs is 1. The standard InChI is InChI=1S/C23H24N6O5S/c1-32-11-12-33-19-14-15(13-18-20(30)27-23(31)35-18)24-21(26-19)28-7-4-8-29(10-9-28)22-25-16-5-2-3-6-17(16)34-22/h2-3,5-6,13-14H,4,7-12H2,1H3,(H,27,30,31)/b18-13-. The number of nitrogens with zero attached hydrogens (tertiary/aromatic N) is 5. The average molecular weight is 497 g/mol. The Hall–Kier alpha value is -3.64. The van der Waals surface area contributed by atoms with Crippen LogP contribution in [0, 0.1) is 0 Å². The minimum Gasteiger partial charge on any atom is -0.475 e. The number of hydrogen-bond donors (Lipinski definition) is 1. The zero-order valence-corrected chi connectivity index (χ0v) is 19.9. The molecule has 1 N–H and O–H groups in total. The van der Waals surface area contributed by atoms with Crippen molar-refractivity contribution in [3.05, 3.63) is 40.9 Å². The maximum atomic E-state index is 12.0. The van der Waals surface area contributed by atoms with E-state index in [0.29, 0.717) is 49.8 Å². The number of aromatic nitrogens is 3. The molecule has 182 valence electrons. The van der Waals surface area contributed by atoms with Crippen molar-refractivity contribution in [1.82, 2.24) is 20.3 Å². The minimum absolute atomic E-state index is 0.278. The maximum Gasteiger partial charge on any atom is 0.298 e. The summed E-state index contributed by atoms with van der Waals surface area (Å²) in [5.74, 6) is 0.417. The quantitative estimate of drug-likeness (QED) is 0.384. The fourth-order valence-corrected chi connectivity index (χ4v) is 4.48. The normalized spacial score (nSPS) is 17.8. The molecular formula is C23H24N6O5S. The molecule has 1 aromatic carbocycles. The van der Waals surface area contributed by atoms with Gasteiger partial charge in [-0.25, -0.2) is 4.98 Å². The lowest BCUT2D eigenvalue weighted by molar-refractivity contribution is -0.115. The first-order valence-corrected chi connectivity index (χ1v) is 12.0. The van der Waals surface area contributed by atoms with Gasteiger partial charge in [-0.3, -0.25) is 14.9 Å². The van der Waals surface area contributed by atoms with Crippen molar-refractivity contribution >= 4 is 52.0 Å². The predicted octanol–water partition coefficient (Wildman–Crippen LogP) is 2.68. The number of nitrogens with one attached hydrogen (secondary N) is 1. The van der Waals surface area contributed by atoms with Crippen LogP contribution >= 0.6 is 11.8 Å². The van der Waals surface area contributed by atoms with E-state index in [-0.39, 0.29) is 4.91 Å². The average Bonchev–Trinajstić information content (AvgIpc) is 3.31. The monoisotopic (exact) mass is 496 g/mol. The van der Waals surface area contributed by atoms with E-state index in [1.165, 1.54) is 0 Å². The van der Waals surface area contributed by atoms with Crippen LogP contribution in [-0.4, -0.2) is 72.6 Å². The van der Waals surface area contributed by atoms with E-state index in [4.69, 9.17) is 13.9 Å². The van der Waals surface area contributed by atoms with Gasteiger partial charge in [0, 0.05) is 39.4 Å². The summed E-state index contributed by atoms with van der Waals surface area (Å²) in [5, 5.41) is 1.85. The van der Waals surface area contributed by atoms with E-state index in [9.17, 15) is 9.59 Å². The van der Waals surface area contributed by atoms with Gasteiger partial charge in [0.25, 0.3) is 17.2 Å². The van der Waals surface area contributed by atoms with Crippen molar-refractivity contribution in [2.24, 2.45) is 0 Å². The topological polar surface area (TPSA) is 123 Å². The number of anilines is 2. The summed E-state index contributed by atoms with van der Waals surface area (Å²) in [6.07, 6.45) is 2.42. The lowest BCUT2D eigenvalue weighted by Crippen LogP contribution is -2.32. The second-order valence-electron chi connectivity index (χ2n) is 7.92. The second-order valence-corrected chi connectivity index (χ2v) is 8.93. The number of oxazole rings is 1. The number of benzene rings is 1. The molecule has 2 saturated heterocycles. The summed E-state index contributed by atoms with van der Waals surface area (Å²) in [4.78, 5) is 41.9. The van der Waals surface area contributed by atoms with Crippen LogP contribution in [0.25, 0.3) is 17.2 Å². The Balaban J connectivity index is 1.37. The predicted molar refractivity (Wildman–Crippen MR) is 132 cm³/mol. The highest BCUT2D eigenvalue weighted by Crippen LogP contribution is 2.27. The molecular weight excluding hydrogens is 472 g/mol. The number of para-hydroxylation sites is 2. The zero-order valence-electron chi connectivity index (χ0n) is 19.1. The van der Waals surface area contributed by atoms with Crippen LogP contribution in [0.15, 0.2) is 39.7 Å². The molecule has 0 unspecified atom stereocenters. The fourth-order valence-electron chi connectivity index (χ4n) is 3.81. The number of hydrogen-bond acceptors (Lipinski definition) is 11. The first kappa shape index (κ1) is 23.1. The molecule has 3 aromatic rings. The van der Waals surface area contributed by atoms with E-state index in [0.717, 1.165) is 42.4 Å². The van der Waals surface area contributed by atoms with Gasteiger partial charge < -0.3 is 23.7 Å². The molecule has 2 fully saturated rings. The number of ether oxygens (including phenoxy) is 2. The number of rotatable bonds is 7. The molecule has 0 spiro atoms. The van der Waals surface area contributed by atoms with Gasteiger partial charge in [0.15, 0.2) is 5.58 Å². The molecule has 0 aliphatic carbocycles. The van der Waals surface area contributed by atoms with Crippen LogP contribution < -0.4 is 19.9 Å².